The largest absolute Gasteiger partial charge is 0.456 e. The number of allylic oxidation sites excluding steroid dienone is 3. The lowest BCUT2D eigenvalue weighted by Crippen LogP contribution is -2.68. The van der Waals surface area contributed by atoms with Crippen molar-refractivity contribution < 1.29 is 29.0 Å². The molecular weight excluding hydrogens is 396 g/mol. The Labute approximate surface area is 185 Å². The monoisotopic (exact) mass is 432 g/mol. The first-order valence-corrected chi connectivity index (χ1v) is 11.2. The Hall–Kier alpha value is -1.95. The van der Waals surface area contributed by atoms with Gasteiger partial charge in [0, 0.05) is 28.7 Å². The van der Waals surface area contributed by atoms with Gasteiger partial charge in [-0.05, 0) is 44.6 Å². The van der Waals surface area contributed by atoms with Crippen LogP contribution in [0, 0.1) is 34.5 Å². The maximum absolute atomic E-state index is 13.0. The number of aliphatic hydroxyl groups is 1. The predicted molar refractivity (Wildman–Crippen MR) is 116 cm³/mol. The van der Waals surface area contributed by atoms with Gasteiger partial charge in [-0.1, -0.05) is 46.3 Å². The number of hydrogen-bond donors (Lipinski definition) is 1. The van der Waals surface area contributed by atoms with Crippen molar-refractivity contribution >= 4 is 17.7 Å². The molecule has 0 aromatic heterocycles. The van der Waals surface area contributed by atoms with E-state index in [4.69, 9.17) is 9.47 Å². The maximum Gasteiger partial charge on any atom is 0.333 e. The Morgan fingerprint density at radius 2 is 1.81 bits per heavy atom. The quantitative estimate of drug-likeness (QED) is 0.527. The molecule has 3 fully saturated rings. The van der Waals surface area contributed by atoms with Crippen molar-refractivity contribution in [2.45, 2.75) is 80.1 Å². The van der Waals surface area contributed by atoms with Gasteiger partial charge in [-0.2, -0.15) is 0 Å². The highest BCUT2D eigenvalue weighted by Gasteiger charge is 2.76. The highest BCUT2D eigenvalue weighted by Crippen LogP contribution is 2.71. The molecule has 3 saturated carbocycles. The average Bonchev–Trinajstić information content (AvgIpc) is 2.73. The van der Waals surface area contributed by atoms with E-state index in [1.54, 1.807) is 26.0 Å². The van der Waals surface area contributed by atoms with Crippen LogP contribution in [0.3, 0.4) is 0 Å². The lowest BCUT2D eigenvalue weighted by molar-refractivity contribution is -0.200. The fraction of sp³-hybridized carbons (Fsp3) is 0.720. The normalized spacial score (nSPS) is 38.7. The Balaban J connectivity index is 2.10. The average molecular weight is 433 g/mol. The summed E-state index contributed by atoms with van der Waals surface area (Å²) in [6.07, 6.45) is 0.479. The first-order chi connectivity index (χ1) is 14.3. The third-order valence-electron chi connectivity index (χ3n) is 7.90. The van der Waals surface area contributed by atoms with E-state index in [9.17, 15) is 19.5 Å². The van der Waals surface area contributed by atoms with Crippen molar-refractivity contribution in [3.8, 4) is 0 Å². The van der Waals surface area contributed by atoms with Crippen molar-refractivity contribution in [2.24, 2.45) is 34.5 Å². The number of esters is 2. The molecule has 31 heavy (non-hydrogen) atoms. The van der Waals surface area contributed by atoms with E-state index in [2.05, 4.69) is 0 Å². The third-order valence-corrected chi connectivity index (χ3v) is 7.90. The van der Waals surface area contributed by atoms with Gasteiger partial charge < -0.3 is 14.6 Å². The van der Waals surface area contributed by atoms with Crippen LogP contribution in [0.25, 0.3) is 0 Å². The minimum atomic E-state index is -1.13. The molecule has 0 aromatic rings. The number of rotatable bonds is 5. The molecule has 172 valence electrons. The molecule has 6 nitrogen and oxygen atoms in total. The summed E-state index contributed by atoms with van der Waals surface area (Å²) in [5.41, 5.74) is -0.0924. The standard InChI is InChI=1S/C25H36O6/c1-9-13(4)23(29)31-22-20(30-16(27)10-12(2)3)21(28)25(8)17-14(5)11-15(26)18(25)19(17)24(22,6)7/h9,11-12,17-22,28H,10H2,1-8H3/b13-9-/t17?,18?,19?,20-,21+,22+,25+/m0/s1. The van der Waals surface area contributed by atoms with Crippen LogP contribution in [-0.4, -0.2) is 41.1 Å². The van der Waals surface area contributed by atoms with E-state index in [1.165, 1.54) is 0 Å². The fourth-order valence-electron chi connectivity index (χ4n) is 6.27. The first-order valence-electron chi connectivity index (χ1n) is 11.2. The molecule has 3 unspecified atom stereocenters. The Kier molecular flexibility index (Phi) is 6.02. The zero-order valence-corrected chi connectivity index (χ0v) is 19.9. The lowest BCUT2D eigenvalue weighted by atomic mass is 9.37. The number of aliphatic hydroxyl groups excluding tert-OH is 1. The number of ether oxygens (including phenoxy) is 2. The molecule has 1 N–H and O–H groups in total. The fourth-order valence-corrected chi connectivity index (χ4v) is 6.27. The second-order valence-electron chi connectivity index (χ2n) is 10.8. The minimum absolute atomic E-state index is 0.0107. The maximum atomic E-state index is 13.0. The molecule has 0 saturated heterocycles. The topological polar surface area (TPSA) is 89.9 Å². The summed E-state index contributed by atoms with van der Waals surface area (Å²) in [5, 5.41) is 11.6. The molecule has 0 radical (unpaired) electrons. The number of hydrogen-bond acceptors (Lipinski definition) is 6. The van der Waals surface area contributed by atoms with Crippen LogP contribution in [0.5, 0.6) is 0 Å². The van der Waals surface area contributed by atoms with Crippen LogP contribution in [-0.2, 0) is 23.9 Å². The van der Waals surface area contributed by atoms with Crippen LogP contribution in [0.1, 0.15) is 61.8 Å². The third kappa shape index (κ3) is 3.47. The van der Waals surface area contributed by atoms with Gasteiger partial charge in [-0.25, -0.2) is 4.79 Å². The molecule has 6 heteroatoms. The smallest absolute Gasteiger partial charge is 0.333 e. The summed E-state index contributed by atoms with van der Waals surface area (Å²) in [4.78, 5) is 38.4. The molecule has 4 aliphatic carbocycles. The van der Waals surface area contributed by atoms with Crippen molar-refractivity contribution in [3.63, 3.8) is 0 Å². The van der Waals surface area contributed by atoms with Gasteiger partial charge in [0.2, 0.25) is 0 Å². The van der Waals surface area contributed by atoms with E-state index in [0.29, 0.717) is 5.57 Å². The van der Waals surface area contributed by atoms with Gasteiger partial charge in [-0.3, -0.25) is 9.59 Å². The number of fused-ring (bicyclic) bond motifs is 3. The van der Waals surface area contributed by atoms with E-state index < -0.39 is 47.0 Å². The van der Waals surface area contributed by atoms with Crippen LogP contribution in [0.15, 0.2) is 23.3 Å². The van der Waals surface area contributed by atoms with Gasteiger partial charge in [0.05, 0.1) is 0 Å². The molecule has 0 aromatic carbocycles. The highest BCUT2D eigenvalue weighted by atomic mass is 16.6. The SMILES string of the molecule is C/C=C(/C)C(=O)O[C@@H]1[C@@H](OC(=O)CC(C)C)[C@@H](O)[C@@]2(C)C3C(=O)C=C(C)C2C3C1(C)C. The van der Waals surface area contributed by atoms with Crippen molar-refractivity contribution in [1.29, 1.82) is 0 Å². The van der Waals surface area contributed by atoms with Gasteiger partial charge in [0.25, 0.3) is 0 Å². The van der Waals surface area contributed by atoms with Crippen molar-refractivity contribution in [1.82, 2.24) is 0 Å². The van der Waals surface area contributed by atoms with Gasteiger partial charge >= 0.3 is 11.9 Å². The zero-order valence-electron chi connectivity index (χ0n) is 19.9. The number of carbonyl (C=O) groups excluding carboxylic acids is 3. The number of ketones is 1. The van der Waals surface area contributed by atoms with Crippen molar-refractivity contribution in [3.05, 3.63) is 23.3 Å². The van der Waals surface area contributed by atoms with Crippen LogP contribution in [0.2, 0.25) is 0 Å². The lowest BCUT2D eigenvalue weighted by Gasteiger charge is -2.65. The molecule has 7 atom stereocenters. The number of carbonyl (C=O) groups is 3. The molecule has 0 spiro atoms. The molecule has 0 heterocycles. The minimum Gasteiger partial charge on any atom is -0.456 e. The summed E-state index contributed by atoms with van der Waals surface area (Å²) >= 11 is 0. The summed E-state index contributed by atoms with van der Waals surface area (Å²) in [6.45, 7) is 15.0. The summed E-state index contributed by atoms with van der Waals surface area (Å²) in [5.74, 6) is -1.42. The Morgan fingerprint density at radius 1 is 1.19 bits per heavy atom. The second-order valence-corrected chi connectivity index (χ2v) is 10.8. The summed E-state index contributed by atoms with van der Waals surface area (Å²) in [7, 11) is 0. The second kappa shape index (κ2) is 7.88. The van der Waals surface area contributed by atoms with Crippen LogP contribution >= 0.6 is 0 Å². The molecule has 4 bridgehead atoms. The van der Waals surface area contributed by atoms with Crippen LogP contribution < -0.4 is 0 Å². The van der Waals surface area contributed by atoms with E-state index in [-0.39, 0.29) is 30.0 Å². The van der Waals surface area contributed by atoms with E-state index >= 15 is 0 Å². The van der Waals surface area contributed by atoms with E-state index in [0.717, 1.165) is 5.57 Å². The molecule has 4 rings (SSSR count). The van der Waals surface area contributed by atoms with Crippen LogP contribution in [0.4, 0.5) is 0 Å². The van der Waals surface area contributed by atoms with Gasteiger partial charge in [0.1, 0.15) is 12.2 Å². The molecule has 0 aliphatic heterocycles. The van der Waals surface area contributed by atoms with E-state index in [1.807, 2.05) is 41.5 Å². The molecular formula is C25H36O6. The van der Waals surface area contributed by atoms with Gasteiger partial charge in [-0.15, -0.1) is 0 Å². The van der Waals surface area contributed by atoms with Crippen molar-refractivity contribution in [2.75, 3.05) is 0 Å². The summed E-state index contributed by atoms with van der Waals surface area (Å²) < 4.78 is 11.8. The summed E-state index contributed by atoms with van der Waals surface area (Å²) in [6, 6.07) is 0. The zero-order chi connectivity index (χ0) is 23.5. The highest BCUT2D eigenvalue weighted by molar-refractivity contribution is 5.97. The predicted octanol–water partition coefficient (Wildman–Crippen LogP) is 3.62. The molecule has 4 aliphatic rings. The molecule has 0 amide bonds. The first kappa shape index (κ1) is 23.7. The Morgan fingerprint density at radius 3 is 2.32 bits per heavy atom. The Bertz CT molecular complexity index is 850. The van der Waals surface area contributed by atoms with Gasteiger partial charge in [0.15, 0.2) is 11.9 Å².